The molecule has 0 N–H and O–H groups in total. The summed E-state index contributed by atoms with van der Waals surface area (Å²) in [6, 6.07) is 13.2. The van der Waals surface area contributed by atoms with Crippen LogP contribution in [0.5, 0.6) is 0 Å². The van der Waals surface area contributed by atoms with Crippen LogP contribution in [0.3, 0.4) is 0 Å². The Bertz CT molecular complexity index is 860. The van der Waals surface area contributed by atoms with E-state index in [1.807, 2.05) is 49.4 Å². The largest absolute Gasteiger partial charge is 0.456 e. The van der Waals surface area contributed by atoms with Crippen molar-refractivity contribution >= 4 is 21.9 Å². The van der Waals surface area contributed by atoms with Gasteiger partial charge in [-0.25, -0.2) is 0 Å². The molecule has 3 aromatic rings. The first-order valence-electron chi connectivity index (χ1n) is 7.86. The van der Waals surface area contributed by atoms with E-state index in [0.717, 1.165) is 15.6 Å². The van der Waals surface area contributed by atoms with Crippen molar-refractivity contribution in [3.8, 4) is 11.3 Å². The molecule has 128 valence electrons. The van der Waals surface area contributed by atoms with Crippen molar-refractivity contribution < 1.29 is 14.1 Å². The number of aromatic nitrogens is 2. The number of hydrogen-bond donors (Lipinski definition) is 0. The van der Waals surface area contributed by atoms with Crippen LogP contribution in [0.2, 0.25) is 0 Å². The van der Waals surface area contributed by atoms with Gasteiger partial charge < -0.3 is 9.26 Å². The average molecular weight is 401 g/mol. The van der Waals surface area contributed by atoms with Crippen molar-refractivity contribution in [2.45, 2.75) is 26.4 Å². The Morgan fingerprint density at radius 1 is 1.24 bits per heavy atom. The van der Waals surface area contributed by atoms with Crippen LogP contribution >= 0.6 is 15.9 Å². The molecule has 0 saturated carbocycles. The van der Waals surface area contributed by atoms with Crippen LogP contribution in [-0.2, 0) is 16.0 Å². The summed E-state index contributed by atoms with van der Waals surface area (Å²) in [5.74, 6) is 0.246. The number of hydrogen-bond acceptors (Lipinski definition) is 5. The first kappa shape index (κ1) is 17.4. The number of rotatable bonds is 5. The van der Waals surface area contributed by atoms with E-state index >= 15 is 0 Å². The zero-order valence-electron chi connectivity index (χ0n) is 13.9. The molecule has 0 spiro atoms. The first-order chi connectivity index (χ1) is 12.0. The van der Waals surface area contributed by atoms with Gasteiger partial charge in [0.2, 0.25) is 0 Å². The Balaban J connectivity index is 1.75. The van der Waals surface area contributed by atoms with Gasteiger partial charge in [0.1, 0.15) is 6.10 Å². The van der Waals surface area contributed by atoms with Gasteiger partial charge in [0.05, 0.1) is 17.8 Å². The second kappa shape index (κ2) is 7.61. The number of benzene rings is 1. The molecule has 0 aliphatic heterocycles. The number of ether oxygens (including phenoxy) is 1. The van der Waals surface area contributed by atoms with Gasteiger partial charge in [-0.2, -0.15) is 0 Å². The van der Waals surface area contributed by atoms with Gasteiger partial charge in [0.15, 0.2) is 5.76 Å². The molecule has 0 fully saturated rings. The monoisotopic (exact) mass is 400 g/mol. The molecule has 25 heavy (non-hydrogen) atoms. The van der Waals surface area contributed by atoms with E-state index in [1.54, 1.807) is 13.1 Å². The van der Waals surface area contributed by atoms with Gasteiger partial charge in [-0.1, -0.05) is 39.3 Å². The lowest BCUT2D eigenvalue weighted by Crippen LogP contribution is -2.13. The van der Waals surface area contributed by atoms with E-state index in [-0.39, 0.29) is 12.4 Å². The van der Waals surface area contributed by atoms with Gasteiger partial charge in [0.25, 0.3) is 0 Å². The van der Waals surface area contributed by atoms with Crippen LogP contribution in [0.1, 0.15) is 30.0 Å². The van der Waals surface area contributed by atoms with Crippen molar-refractivity contribution in [1.29, 1.82) is 0 Å². The van der Waals surface area contributed by atoms with E-state index in [1.165, 1.54) is 0 Å². The molecule has 0 unspecified atom stereocenters. The van der Waals surface area contributed by atoms with Crippen LogP contribution in [-0.4, -0.2) is 16.1 Å². The van der Waals surface area contributed by atoms with Crippen LogP contribution in [0, 0.1) is 6.92 Å². The number of carbonyl (C=O) groups excluding carboxylic acids is 1. The Kier molecular flexibility index (Phi) is 5.28. The summed E-state index contributed by atoms with van der Waals surface area (Å²) < 4.78 is 11.9. The van der Waals surface area contributed by atoms with E-state index in [9.17, 15) is 4.79 Å². The molecule has 2 aromatic heterocycles. The summed E-state index contributed by atoms with van der Waals surface area (Å²) >= 11 is 3.41. The highest BCUT2D eigenvalue weighted by Crippen LogP contribution is 2.28. The molecule has 2 heterocycles. The molecule has 0 bridgehead atoms. The van der Waals surface area contributed by atoms with E-state index in [2.05, 4.69) is 26.1 Å². The lowest BCUT2D eigenvalue weighted by molar-refractivity contribution is -0.147. The highest BCUT2D eigenvalue weighted by molar-refractivity contribution is 9.10. The van der Waals surface area contributed by atoms with Gasteiger partial charge in [0, 0.05) is 21.8 Å². The molecule has 0 saturated heterocycles. The second-order valence-corrected chi connectivity index (χ2v) is 6.56. The molecule has 0 aliphatic carbocycles. The number of pyridine rings is 1. The normalized spacial score (nSPS) is 12.0. The fourth-order valence-corrected chi connectivity index (χ4v) is 2.75. The van der Waals surface area contributed by atoms with Crippen LogP contribution < -0.4 is 0 Å². The number of aryl methyl sites for hydroxylation is 1. The lowest BCUT2D eigenvalue weighted by atomic mass is 10.0. The van der Waals surface area contributed by atoms with Crippen LogP contribution in [0.4, 0.5) is 0 Å². The fraction of sp³-hybridized carbons (Fsp3) is 0.211. The van der Waals surface area contributed by atoms with Gasteiger partial charge in [-0.3, -0.25) is 9.78 Å². The van der Waals surface area contributed by atoms with Crippen LogP contribution in [0.15, 0.2) is 57.7 Å². The molecule has 3 rings (SSSR count). The summed E-state index contributed by atoms with van der Waals surface area (Å²) in [6.45, 7) is 3.62. The minimum atomic E-state index is -0.412. The zero-order valence-corrected chi connectivity index (χ0v) is 15.5. The number of halogens is 1. The highest BCUT2D eigenvalue weighted by atomic mass is 79.9. The minimum Gasteiger partial charge on any atom is -0.456 e. The molecule has 1 aromatic carbocycles. The molecular formula is C19H17BrN2O3. The third kappa shape index (κ3) is 4.14. The Morgan fingerprint density at radius 3 is 2.68 bits per heavy atom. The Hall–Kier alpha value is -2.47. The summed E-state index contributed by atoms with van der Waals surface area (Å²) in [6.07, 6.45) is 1.36. The smallest absolute Gasteiger partial charge is 0.311 e. The van der Waals surface area contributed by atoms with Crippen molar-refractivity contribution in [3.05, 3.63) is 70.1 Å². The third-order valence-electron chi connectivity index (χ3n) is 3.82. The third-order valence-corrected chi connectivity index (χ3v) is 4.35. The van der Waals surface area contributed by atoms with E-state index in [0.29, 0.717) is 17.1 Å². The summed E-state index contributed by atoms with van der Waals surface area (Å²) in [5.41, 5.74) is 3.00. The van der Waals surface area contributed by atoms with Crippen molar-refractivity contribution in [2.75, 3.05) is 0 Å². The second-order valence-electron chi connectivity index (χ2n) is 5.65. The highest BCUT2D eigenvalue weighted by Gasteiger charge is 2.20. The Morgan fingerprint density at radius 2 is 2.00 bits per heavy atom. The number of carbonyl (C=O) groups is 1. The maximum atomic E-state index is 12.4. The van der Waals surface area contributed by atoms with Crippen molar-refractivity contribution in [2.24, 2.45) is 0 Å². The average Bonchev–Trinajstić information content (AvgIpc) is 2.97. The van der Waals surface area contributed by atoms with Gasteiger partial charge >= 0.3 is 5.97 Å². The van der Waals surface area contributed by atoms with Crippen molar-refractivity contribution in [3.63, 3.8) is 0 Å². The molecule has 0 radical (unpaired) electrons. The lowest BCUT2D eigenvalue weighted by Gasteiger charge is -2.12. The first-order valence-corrected chi connectivity index (χ1v) is 8.65. The minimum absolute atomic E-state index is 0.0951. The predicted octanol–water partition coefficient (Wildman–Crippen LogP) is 4.65. The maximum Gasteiger partial charge on any atom is 0.311 e. The van der Waals surface area contributed by atoms with Gasteiger partial charge in [-0.05, 0) is 38.1 Å². The molecule has 0 aliphatic rings. The van der Waals surface area contributed by atoms with E-state index in [4.69, 9.17) is 9.26 Å². The molecule has 6 heteroatoms. The van der Waals surface area contributed by atoms with E-state index < -0.39 is 6.10 Å². The number of esters is 1. The maximum absolute atomic E-state index is 12.4. The molecule has 5 nitrogen and oxygen atoms in total. The molecule has 1 atom stereocenters. The SMILES string of the molecule is Cc1noc(-c2ccc(Br)cc2)c1CC(=O)O[C@H](C)c1ccccn1. The van der Waals surface area contributed by atoms with Crippen molar-refractivity contribution in [1.82, 2.24) is 10.1 Å². The van der Waals surface area contributed by atoms with Crippen LogP contribution in [0.25, 0.3) is 11.3 Å². The molecular weight excluding hydrogens is 384 g/mol. The fourth-order valence-electron chi connectivity index (χ4n) is 2.48. The quantitative estimate of drug-likeness (QED) is 0.582. The van der Waals surface area contributed by atoms with Gasteiger partial charge in [-0.15, -0.1) is 0 Å². The zero-order chi connectivity index (χ0) is 17.8. The number of nitrogens with zero attached hydrogens (tertiary/aromatic N) is 2. The molecule has 0 amide bonds. The summed E-state index contributed by atoms with van der Waals surface area (Å²) in [7, 11) is 0. The summed E-state index contributed by atoms with van der Waals surface area (Å²) in [4.78, 5) is 16.6. The summed E-state index contributed by atoms with van der Waals surface area (Å²) in [5, 5.41) is 4.00. The predicted molar refractivity (Wildman–Crippen MR) is 96.8 cm³/mol. The standard InChI is InChI=1S/C19H17BrN2O3/c1-12-16(19(25-22-12)14-6-8-15(20)9-7-14)11-18(23)24-13(2)17-5-3-4-10-21-17/h3-10,13H,11H2,1-2H3/t13-/m1/s1. The topological polar surface area (TPSA) is 65.2 Å². The Labute approximate surface area is 154 Å².